The molecule has 0 spiro atoms. The lowest BCUT2D eigenvalue weighted by atomic mass is 9.91. The van der Waals surface area contributed by atoms with E-state index in [9.17, 15) is 0 Å². The van der Waals surface area contributed by atoms with E-state index in [-0.39, 0.29) is 5.41 Å². The quantitative estimate of drug-likeness (QED) is 0.835. The van der Waals surface area contributed by atoms with Crippen LogP contribution in [-0.2, 0) is 12.8 Å². The van der Waals surface area contributed by atoms with Gasteiger partial charge < -0.3 is 5.73 Å². The van der Waals surface area contributed by atoms with E-state index >= 15 is 0 Å². The van der Waals surface area contributed by atoms with Gasteiger partial charge in [0.25, 0.3) is 0 Å². The van der Waals surface area contributed by atoms with Gasteiger partial charge in [-0.15, -0.1) is 11.3 Å². The topological polar surface area (TPSA) is 38.9 Å². The van der Waals surface area contributed by atoms with Crippen molar-refractivity contribution in [3.63, 3.8) is 0 Å². The van der Waals surface area contributed by atoms with Crippen LogP contribution in [0.2, 0.25) is 0 Å². The second-order valence-corrected chi connectivity index (χ2v) is 6.02. The molecule has 0 saturated heterocycles. The Hall–Kier alpha value is -0.570. The van der Waals surface area contributed by atoms with E-state index in [0.29, 0.717) is 0 Å². The van der Waals surface area contributed by atoms with Crippen LogP contribution in [0.3, 0.4) is 0 Å². The van der Waals surface area contributed by atoms with Crippen molar-refractivity contribution in [3.05, 3.63) is 10.7 Å². The maximum Gasteiger partial charge on any atom is 0.109 e. The monoisotopic (exact) mass is 212 g/mol. The zero-order valence-corrected chi connectivity index (χ0v) is 10.4. The fourth-order valence-corrected chi connectivity index (χ4v) is 2.32. The molecule has 1 aromatic rings. The minimum atomic E-state index is 0.270. The molecule has 0 atom stereocenters. The molecule has 0 aliphatic heterocycles. The van der Waals surface area contributed by atoms with Crippen LogP contribution >= 0.6 is 11.3 Å². The highest BCUT2D eigenvalue weighted by Gasteiger charge is 2.16. The van der Waals surface area contributed by atoms with Gasteiger partial charge in [0.1, 0.15) is 5.00 Å². The van der Waals surface area contributed by atoms with Crippen LogP contribution in [0.1, 0.15) is 44.8 Å². The second kappa shape index (κ2) is 4.30. The molecule has 14 heavy (non-hydrogen) atoms. The fourth-order valence-electron chi connectivity index (χ4n) is 1.36. The summed E-state index contributed by atoms with van der Waals surface area (Å²) in [5.74, 6) is 0. The number of hydrogen-bond donors (Lipinski definition) is 1. The molecule has 3 heteroatoms. The highest BCUT2D eigenvalue weighted by Crippen LogP contribution is 2.28. The lowest BCUT2D eigenvalue weighted by Crippen LogP contribution is -2.10. The Kier molecular flexibility index (Phi) is 3.53. The van der Waals surface area contributed by atoms with Gasteiger partial charge in [-0.3, -0.25) is 0 Å². The van der Waals surface area contributed by atoms with Crippen molar-refractivity contribution in [2.24, 2.45) is 5.41 Å². The van der Waals surface area contributed by atoms with Gasteiger partial charge >= 0.3 is 0 Å². The number of aryl methyl sites for hydroxylation is 1. The Morgan fingerprint density at radius 3 is 2.50 bits per heavy atom. The molecule has 1 aromatic heterocycles. The fraction of sp³-hybridized carbons (Fsp3) is 0.727. The second-order valence-electron chi connectivity index (χ2n) is 4.91. The Morgan fingerprint density at radius 2 is 2.00 bits per heavy atom. The van der Waals surface area contributed by atoms with Gasteiger partial charge in [-0.05, 0) is 24.7 Å². The van der Waals surface area contributed by atoms with Crippen LogP contribution in [0, 0.1) is 5.41 Å². The molecule has 0 radical (unpaired) electrons. The molecular formula is C11H20N2S. The predicted molar refractivity (Wildman–Crippen MR) is 63.7 cm³/mol. The Labute approximate surface area is 90.6 Å². The first-order valence-electron chi connectivity index (χ1n) is 5.16. The van der Waals surface area contributed by atoms with Crippen molar-refractivity contribution in [1.29, 1.82) is 0 Å². The first-order chi connectivity index (χ1) is 6.42. The van der Waals surface area contributed by atoms with Crippen LogP contribution in [0.4, 0.5) is 5.00 Å². The third kappa shape index (κ3) is 3.29. The molecule has 0 fully saturated rings. The minimum Gasteiger partial charge on any atom is -0.389 e. The minimum absolute atomic E-state index is 0.270. The summed E-state index contributed by atoms with van der Waals surface area (Å²) in [6, 6.07) is 0. The van der Waals surface area contributed by atoms with Crippen molar-refractivity contribution in [1.82, 2.24) is 4.98 Å². The van der Waals surface area contributed by atoms with E-state index < -0.39 is 0 Å². The highest BCUT2D eigenvalue weighted by molar-refractivity contribution is 7.15. The van der Waals surface area contributed by atoms with E-state index in [1.807, 2.05) is 0 Å². The molecule has 0 unspecified atom stereocenters. The zero-order chi connectivity index (χ0) is 10.8. The molecule has 80 valence electrons. The maximum absolute atomic E-state index is 5.93. The number of nitrogens with zero attached hydrogens (tertiary/aromatic N) is 1. The summed E-state index contributed by atoms with van der Waals surface area (Å²) in [6.45, 7) is 8.81. The van der Waals surface area contributed by atoms with E-state index in [4.69, 9.17) is 5.73 Å². The third-order valence-corrected chi connectivity index (χ3v) is 2.92. The summed E-state index contributed by atoms with van der Waals surface area (Å²) in [6.07, 6.45) is 3.17. The molecule has 1 heterocycles. The molecule has 0 aromatic carbocycles. The van der Waals surface area contributed by atoms with Crippen LogP contribution in [-0.4, -0.2) is 4.98 Å². The Morgan fingerprint density at radius 1 is 1.36 bits per heavy atom. The smallest absolute Gasteiger partial charge is 0.109 e. The number of aromatic nitrogens is 1. The molecule has 2 nitrogen and oxygen atoms in total. The van der Waals surface area contributed by atoms with Crippen LogP contribution in [0.15, 0.2) is 0 Å². The van der Waals surface area contributed by atoms with Crippen molar-refractivity contribution < 1.29 is 0 Å². The summed E-state index contributed by atoms with van der Waals surface area (Å²) in [4.78, 5) is 4.58. The number of nitrogen functional groups attached to an aromatic ring is 1. The highest BCUT2D eigenvalue weighted by atomic mass is 32.1. The third-order valence-electron chi connectivity index (χ3n) is 1.93. The normalized spacial score (nSPS) is 12.0. The SMILES string of the molecule is CCCc1nc(CC(C)(C)C)c(N)s1. The van der Waals surface area contributed by atoms with Crippen LogP contribution in [0.5, 0.6) is 0 Å². The first kappa shape index (κ1) is 11.5. The summed E-state index contributed by atoms with van der Waals surface area (Å²) >= 11 is 1.65. The number of hydrogen-bond acceptors (Lipinski definition) is 3. The van der Waals surface area contributed by atoms with Gasteiger partial charge in [-0.1, -0.05) is 27.7 Å². The average Bonchev–Trinajstić information content (AvgIpc) is 2.29. The number of anilines is 1. The standard InChI is InChI=1S/C11H20N2S/c1-5-6-9-13-8(10(12)14-9)7-11(2,3)4/h5-7,12H2,1-4H3. The van der Waals surface area contributed by atoms with Gasteiger partial charge in [0, 0.05) is 0 Å². The molecule has 0 aliphatic rings. The molecule has 0 aliphatic carbocycles. The molecule has 0 amide bonds. The summed E-state index contributed by atoms with van der Waals surface area (Å²) < 4.78 is 0. The summed E-state index contributed by atoms with van der Waals surface area (Å²) in [5.41, 5.74) is 7.29. The van der Waals surface area contributed by atoms with Crippen LogP contribution < -0.4 is 5.73 Å². The summed E-state index contributed by atoms with van der Waals surface area (Å²) in [7, 11) is 0. The van der Waals surface area contributed by atoms with Gasteiger partial charge in [0.2, 0.25) is 0 Å². The van der Waals surface area contributed by atoms with Gasteiger partial charge in [-0.25, -0.2) is 4.98 Å². The van der Waals surface area contributed by atoms with Crippen molar-refractivity contribution >= 4 is 16.3 Å². The lowest BCUT2D eigenvalue weighted by Gasteiger charge is -2.16. The lowest BCUT2D eigenvalue weighted by molar-refractivity contribution is 0.407. The van der Waals surface area contributed by atoms with E-state index in [1.54, 1.807) is 11.3 Å². The van der Waals surface area contributed by atoms with E-state index in [1.165, 1.54) is 5.01 Å². The van der Waals surface area contributed by atoms with Gasteiger partial charge in [-0.2, -0.15) is 0 Å². The maximum atomic E-state index is 5.93. The molecule has 1 rings (SSSR count). The molecule has 0 bridgehead atoms. The molecule has 2 N–H and O–H groups in total. The number of thiazole rings is 1. The largest absolute Gasteiger partial charge is 0.389 e. The summed E-state index contributed by atoms with van der Waals surface area (Å²) in [5, 5.41) is 2.09. The first-order valence-corrected chi connectivity index (χ1v) is 5.98. The number of rotatable bonds is 3. The van der Waals surface area contributed by atoms with Gasteiger partial charge in [0.05, 0.1) is 10.7 Å². The predicted octanol–water partition coefficient (Wildman–Crippen LogP) is 3.27. The molecule has 0 saturated carbocycles. The van der Waals surface area contributed by atoms with Crippen LogP contribution in [0.25, 0.3) is 0 Å². The number of nitrogens with two attached hydrogens (primary N) is 1. The van der Waals surface area contributed by atoms with E-state index in [0.717, 1.165) is 30.0 Å². The van der Waals surface area contributed by atoms with Crippen molar-refractivity contribution in [3.8, 4) is 0 Å². The van der Waals surface area contributed by atoms with Crippen molar-refractivity contribution in [2.45, 2.75) is 47.0 Å². The zero-order valence-electron chi connectivity index (χ0n) is 9.55. The van der Waals surface area contributed by atoms with E-state index in [2.05, 4.69) is 32.7 Å². The Bertz CT molecular complexity index is 297. The average molecular weight is 212 g/mol. The Balaban J connectivity index is 2.77. The van der Waals surface area contributed by atoms with Crippen molar-refractivity contribution in [2.75, 3.05) is 5.73 Å². The van der Waals surface area contributed by atoms with Gasteiger partial charge in [0.15, 0.2) is 0 Å². The molecular weight excluding hydrogens is 192 g/mol.